The van der Waals surface area contributed by atoms with Gasteiger partial charge < -0.3 is 5.32 Å². The van der Waals surface area contributed by atoms with Gasteiger partial charge in [0.2, 0.25) is 0 Å². The van der Waals surface area contributed by atoms with Crippen LogP contribution in [0, 0.1) is 12.7 Å². The highest BCUT2D eigenvalue weighted by Gasteiger charge is 2.41. The molecule has 1 aliphatic rings. The molecule has 1 N–H and O–H groups in total. The molecular formula is C14H15FN2S. The normalized spacial score (nSPS) is 17.4. The Morgan fingerprint density at radius 3 is 2.72 bits per heavy atom. The number of aromatic nitrogens is 1. The summed E-state index contributed by atoms with van der Waals surface area (Å²) in [5.41, 5.74) is 1.75. The van der Waals surface area contributed by atoms with Crippen LogP contribution in [-0.2, 0) is 11.8 Å². The topological polar surface area (TPSA) is 24.9 Å². The van der Waals surface area contributed by atoms with E-state index in [0.717, 1.165) is 35.8 Å². The van der Waals surface area contributed by atoms with E-state index in [1.54, 1.807) is 23.5 Å². The molecule has 0 aliphatic carbocycles. The molecule has 1 aromatic carbocycles. The van der Waals surface area contributed by atoms with Gasteiger partial charge in [-0.15, -0.1) is 11.3 Å². The molecule has 0 unspecified atom stereocenters. The van der Waals surface area contributed by atoms with Gasteiger partial charge in [-0.2, -0.15) is 0 Å². The Balaban J connectivity index is 1.93. The summed E-state index contributed by atoms with van der Waals surface area (Å²) in [4.78, 5) is 4.50. The highest BCUT2D eigenvalue weighted by Crippen LogP contribution is 2.34. The third-order valence-corrected chi connectivity index (χ3v) is 4.49. The summed E-state index contributed by atoms with van der Waals surface area (Å²) in [6, 6.07) is 7.09. The molecule has 4 heteroatoms. The van der Waals surface area contributed by atoms with Gasteiger partial charge in [-0.05, 0) is 18.6 Å². The van der Waals surface area contributed by atoms with E-state index in [2.05, 4.69) is 15.7 Å². The highest BCUT2D eigenvalue weighted by atomic mass is 32.1. The minimum atomic E-state index is -0.115. The summed E-state index contributed by atoms with van der Waals surface area (Å²) in [5.74, 6) is -0.104. The zero-order valence-corrected chi connectivity index (χ0v) is 11.1. The van der Waals surface area contributed by atoms with Gasteiger partial charge in [-0.1, -0.05) is 18.2 Å². The Morgan fingerprint density at radius 2 is 2.17 bits per heavy atom. The summed E-state index contributed by atoms with van der Waals surface area (Å²) >= 11 is 1.66. The Hall–Kier alpha value is -1.26. The Labute approximate surface area is 110 Å². The van der Waals surface area contributed by atoms with Crippen molar-refractivity contribution in [1.82, 2.24) is 10.3 Å². The van der Waals surface area contributed by atoms with Crippen molar-refractivity contribution >= 4 is 11.3 Å². The molecule has 1 aromatic heterocycles. The average Bonchev–Trinajstić information content (AvgIpc) is 2.71. The van der Waals surface area contributed by atoms with E-state index in [9.17, 15) is 4.39 Å². The maximum Gasteiger partial charge on any atom is 0.127 e. The fourth-order valence-corrected chi connectivity index (χ4v) is 3.42. The van der Waals surface area contributed by atoms with E-state index >= 15 is 0 Å². The van der Waals surface area contributed by atoms with Crippen LogP contribution >= 0.6 is 11.3 Å². The molecule has 0 atom stereocenters. The molecule has 3 rings (SSSR count). The number of nitrogens with one attached hydrogen (secondary N) is 1. The molecule has 94 valence electrons. The highest BCUT2D eigenvalue weighted by molar-refractivity contribution is 7.09. The maximum atomic E-state index is 14.0. The smallest absolute Gasteiger partial charge is 0.127 e. The second kappa shape index (κ2) is 4.44. The minimum absolute atomic E-state index is 0.104. The summed E-state index contributed by atoms with van der Waals surface area (Å²) < 4.78 is 14.0. The molecule has 0 spiro atoms. The van der Waals surface area contributed by atoms with Crippen LogP contribution in [0.3, 0.4) is 0 Å². The second-order valence-corrected chi connectivity index (χ2v) is 5.87. The first-order valence-corrected chi connectivity index (χ1v) is 6.94. The van der Waals surface area contributed by atoms with Crippen LogP contribution in [0.4, 0.5) is 4.39 Å². The predicted octanol–water partition coefficient (Wildman–Crippen LogP) is 2.67. The number of halogens is 1. The first-order chi connectivity index (χ1) is 8.70. The van der Waals surface area contributed by atoms with Gasteiger partial charge in [-0.25, -0.2) is 9.37 Å². The summed E-state index contributed by atoms with van der Waals surface area (Å²) in [5, 5.41) is 6.41. The van der Waals surface area contributed by atoms with Crippen molar-refractivity contribution in [2.45, 2.75) is 18.8 Å². The van der Waals surface area contributed by atoms with E-state index in [1.165, 1.54) is 0 Å². The van der Waals surface area contributed by atoms with Crippen LogP contribution in [0.15, 0.2) is 29.6 Å². The zero-order valence-electron chi connectivity index (χ0n) is 10.2. The number of nitrogens with zero attached hydrogens (tertiary/aromatic N) is 1. The molecule has 2 nitrogen and oxygen atoms in total. The van der Waals surface area contributed by atoms with Crippen LogP contribution in [-0.4, -0.2) is 18.1 Å². The molecular weight excluding hydrogens is 247 g/mol. The second-order valence-electron chi connectivity index (χ2n) is 4.92. The molecule has 18 heavy (non-hydrogen) atoms. The van der Waals surface area contributed by atoms with Gasteiger partial charge in [0.15, 0.2) is 0 Å². The molecule has 2 heterocycles. The number of hydrogen-bond acceptors (Lipinski definition) is 3. The largest absolute Gasteiger partial charge is 0.315 e. The van der Waals surface area contributed by atoms with Crippen LogP contribution in [0.25, 0.3) is 0 Å². The van der Waals surface area contributed by atoms with Crippen LogP contribution in [0.5, 0.6) is 0 Å². The lowest BCUT2D eigenvalue weighted by molar-refractivity contribution is 0.265. The standard InChI is InChI=1S/C14H15FN2S/c1-10-7-18-13(17-10)6-14(8-16-9-14)11-4-2-3-5-12(11)15/h2-5,7,16H,6,8-9H2,1H3. The van der Waals surface area contributed by atoms with Crippen molar-refractivity contribution in [3.05, 3.63) is 51.7 Å². The SMILES string of the molecule is Cc1csc(CC2(c3ccccc3F)CNC2)n1. The zero-order chi connectivity index (χ0) is 12.6. The van der Waals surface area contributed by atoms with Crippen molar-refractivity contribution in [2.75, 3.05) is 13.1 Å². The first kappa shape index (κ1) is 11.8. The molecule has 0 amide bonds. The van der Waals surface area contributed by atoms with Gasteiger partial charge in [0, 0.05) is 36.0 Å². The van der Waals surface area contributed by atoms with Gasteiger partial charge in [0.25, 0.3) is 0 Å². The van der Waals surface area contributed by atoms with Gasteiger partial charge >= 0.3 is 0 Å². The Bertz CT molecular complexity index is 560. The fraction of sp³-hybridized carbons (Fsp3) is 0.357. The molecule has 1 aliphatic heterocycles. The van der Waals surface area contributed by atoms with E-state index in [-0.39, 0.29) is 11.2 Å². The van der Waals surface area contributed by atoms with Crippen molar-refractivity contribution < 1.29 is 4.39 Å². The molecule has 0 saturated carbocycles. The Morgan fingerprint density at radius 1 is 1.39 bits per heavy atom. The minimum Gasteiger partial charge on any atom is -0.315 e. The van der Waals surface area contributed by atoms with Crippen molar-refractivity contribution in [3.8, 4) is 0 Å². The van der Waals surface area contributed by atoms with E-state index in [1.807, 2.05) is 19.1 Å². The number of aryl methyl sites for hydroxylation is 1. The summed E-state index contributed by atoms with van der Waals surface area (Å²) in [7, 11) is 0. The third-order valence-electron chi connectivity index (χ3n) is 3.53. The lowest BCUT2D eigenvalue weighted by Gasteiger charge is -2.43. The third kappa shape index (κ3) is 1.95. The quantitative estimate of drug-likeness (QED) is 0.920. The molecule has 0 bridgehead atoms. The number of rotatable bonds is 3. The van der Waals surface area contributed by atoms with Gasteiger partial charge in [0.1, 0.15) is 5.82 Å². The molecule has 2 aromatic rings. The van der Waals surface area contributed by atoms with E-state index in [4.69, 9.17) is 0 Å². The number of thiazole rings is 1. The van der Waals surface area contributed by atoms with Crippen molar-refractivity contribution in [2.24, 2.45) is 0 Å². The van der Waals surface area contributed by atoms with Crippen LogP contribution in [0.1, 0.15) is 16.3 Å². The van der Waals surface area contributed by atoms with Gasteiger partial charge in [0.05, 0.1) is 5.01 Å². The molecule has 0 radical (unpaired) electrons. The fourth-order valence-electron chi connectivity index (χ4n) is 2.50. The number of benzene rings is 1. The Kier molecular flexibility index (Phi) is 2.92. The van der Waals surface area contributed by atoms with Crippen LogP contribution < -0.4 is 5.32 Å². The van der Waals surface area contributed by atoms with E-state index < -0.39 is 0 Å². The molecule has 1 saturated heterocycles. The average molecular weight is 262 g/mol. The van der Waals surface area contributed by atoms with Crippen LogP contribution in [0.2, 0.25) is 0 Å². The van der Waals surface area contributed by atoms with E-state index in [0.29, 0.717) is 0 Å². The van der Waals surface area contributed by atoms with Crippen molar-refractivity contribution in [1.29, 1.82) is 0 Å². The predicted molar refractivity (Wildman–Crippen MR) is 71.5 cm³/mol. The lowest BCUT2D eigenvalue weighted by atomic mass is 9.72. The van der Waals surface area contributed by atoms with Gasteiger partial charge in [-0.3, -0.25) is 0 Å². The lowest BCUT2D eigenvalue weighted by Crippen LogP contribution is -2.58. The maximum absolute atomic E-state index is 14.0. The monoisotopic (exact) mass is 262 g/mol. The number of hydrogen-bond donors (Lipinski definition) is 1. The summed E-state index contributed by atoms with van der Waals surface area (Å²) in [6.45, 7) is 3.65. The first-order valence-electron chi connectivity index (χ1n) is 6.06. The van der Waals surface area contributed by atoms with Crippen molar-refractivity contribution in [3.63, 3.8) is 0 Å². The summed E-state index contributed by atoms with van der Waals surface area (Å²) in [6.07, 6.45) is 0.819. The molecule has 1 fully saturated rings.